The first-order valence-electron chi connectivity index (χ1n) is 2.30. The maximum absolute atomic E-state index is 10.8. The van der Waals surface area contributed by atoms with Crippen molar-refractivity contribution in [2.75, 3.05) is 0 Å². The monoisotopic (exact) mass is 158 g/mol. The highest BCUT2D eigenvalue weighted by atomic mass is 32.2. The van der Waals surface area contributed by atoms with Crippen LogP contribution in [0.5, 0.6) is 0 Å². The zero-order chi connectivity index (χ0) is 7.56. The summed E-state index contributed by atoms with van der Waals surface area (Å²) in [5.41, 5.74) is 0. The smallest absolute Gasteiger partial charge is 0.178 e. The van der Waals surface area contributed by atoms with Crippen LogP contribution in [0.3, 0.4) is 0 Å². The van der Waals surface area contributed by atoms with Crippen LogP contribution in [0.4, 0.5) is 0 Å². The van der Waals surface area contributed by atoms with Crippen LogP contribution in [0.25, 0.3) is 0 Å². The SMILES string of the molecule is O=NC1=CC=C(N=O)S1=O. The van der Waals surface area contributed by atoms with Gasteiger partial charge in [0.15, 0.2) is 10.1 Å². The summed E-state index contributed by atoms with van der Waals surface area (Å²) in [5, 5.41) is 4.54. The highest BCUT2D eigenvalue weighted by Crippen LogP contribution is 2.20. The first kappa shape index (κ1) is 6.94. The van der Waals surface area contributed by atoms with Gasteiger partial charge in [0.1, 0.15) is 10.8 Å². The van der Waals surface area contributed by atoms with Crippen molar-refractivity contribution in [3.63, 3.8) is 0 Å². The van der Waals surface area contributed by atoms with E-state index in [-0.39, 0.29) is 10.1 Å². The lowest BCUT2D eigenvalue weighted by molar-refractivity contribution is 0.690. The topological polar surface area (TPSA) is 75.9 Å². The van der Waals surface area contributed by atoms with Crippen LogP contribution in [0.1, 0.15) is 0 Å². The van der Waals surface area contributed by atoms with Crippen LogP contribution in [0, 0.1) is 9.81 Å². The fourth-order valence-electron chi connectivity index (χ4n) is 0.502. The van der Waals surface area contributed by atoms with Crippen molar-refractivity contribution in [1.82, 2.24) is 0 Å². The predicted octanol–water partition coefficient (Wildman–Crippen LogP) is 0.964. The summed E-state index contributed by atoms with van der Waals surface area (Å²) in [6.07, 6.45) is 2.42. The van der Waals surface area contributed by atoms with E-state index in [0.29, 0.717) is 0 Å². The van der Waals surface area contributed by atoms with Crippen LogP contribution in [-0.2, 0) is 10.8 Å². The summed E-state index contributed by atoms with van der Waals surface area (Å²) in [5.74, 6) is 0. The zero-order valence-electron chi connectivity index (χ0n) is 4.68. The molecule has 0 amide bonds. The maximum Gasteiger partial charge on any atom is 0.178 e. The molecule has 1 aliphatic rings. The molecule has 0 bridgehead atoms. The second kappa shape index (κ2) is 2.61. The Bertz CT molecular complexity index is 242. The summed E-state index contributed by atoms with van der Waals surface area (Å²) in [6, 6.07) is 0. The lowest BCUT2D eigenvalue weighted by Crippen LogP contribution is -1.87. The standard InChI is InChI=1S/C4H2N2O3S/c7-5-3-1-2-4(6-8)10(3)9/h1-2H. The van der Waals surface area contributed by atoms with Crippen LogP contribution < -0.4 is 0 Å². The molecule has 0 aromatic heterocycles. The summed E-state index contributed by atoms with van der Waals surface area (Å²) in [6.45, 7) is 0. The molecule has 0 spiro atoms. The third-order valence-corrected chi connectivity index (χ3v) is 2.11. The quantitative estimate of drug-likeness (QED) is 0.561. The minimum atomic E-state index is -1.73. The van der Waals surface area contributed by atoms with Gasteiger partial charge in [-0.05, 0) is 22.5 Å². The highest BCUT2D eigenvalue weighted by Gasteiger charge is 2.19. The fraction of sp³-hybridized carbons (Fsp3) is 0. The molecule has 0 saturated carbocycles. The van der Waals surface area contributed by atoms with Crippen molar-refractivity contribution >= 4 is 10.8 Å². The molecule has 0 atom stereocenters. The minimum absolute atomic E-state index is 0.158. The first-order valence-corrected chi connectivity index (χ1v) is 3.45. The molecule has 0 aromatic carbocycles. The van der Waals surface area contributed by atoms with E-state index in [1.165, 1.54) is 12.2 Å². The minimum Gasteiger partial charge on any atom is -0.246 e. The van der Waals surface area contributed by atoms with Gasteiger partial charge >= 0.3 is 0 Å². The Morgan fingerprint density at radius 1 is 1.10 bits per heavy atom. The van der Waals surface area contributed by atoms with Gasteiger partial charge in [0, 0.05) is 0 Å². The van der Waals surface area contributed by atoms with Crippen LogP contribution in [0.15, 0.2) is 32.6 Å². The predicted molar refractivity (Wildman–Crippen MR) is 35.9 cm³/mol. The molecule has 1 heterocycles. The third-order valence-electron chi connectivity index (χ3n) is 0.928. The van der Waals surface area contributed by atoms with Crippen molar-refractivity contribution < 1.29 is 4.21 Å². The fourth-order valence-corrected chi connectivity index (χ4v) is 1.23. The van der Waals surface area contributed by atoms with Crippen LogP contribution >= 0.6 is 0 Å². The third kappa shape index (κ3) is 0.926. The Morgan fingerprint density at radius 2 is 1.50 bits per heavy atom. The van der Waals surface area contributed by atoms with Gasteiger partial charge in [0.25, 0.3) is 0 Å². The average Bonchev–Trinajstić information content (AvgIpc) is 2.30. The van der Waals surface area contributed by atoms with Crippen molar-refractivity contribution in [2.45, 2.75) is 0 Å². The number of rotatable bonds is 2. The molecule has 0 aliphatic carbocycles. The lowest BCUT2D eigenvalue weighted by atomic mass is 10.6. The maximum atomic E-state index is 10.8. The number of hydrogen-bond acceptors (Lipinski definition) is 5. The molecule has 0 aromatic rings. The van der Waals surface area contributed by atoms with Crippen molar-refractivity contribution in [3.8, 4) is 0 Å². The number of nitrogens with zero attached hydrogens (tertiary/aromatic N) is 2. The summed E-state index contributed by atoms with van der Waals surface area (Å²) < 4.78 is 10.8. The normalized spacial score (nSPS) is 18.0. The molecule has 10 heavy (non-hydrogen) atoms. The molecular weight excluding hydrogens is 156 g/mol. The highest BCUT2D eigenvalue weighted by molar-refractivity contribution is 7.93. The van der Waals surface area contributed by atoms with E-state index in [9.17, 15) is 14.0 Å². The van der Waals surface area contributed by atoms with E-state index in [0.717, 1.165) is 0 Å². The largest absolute Gasteiger partial charge is 0.246 e. The zero-order valence-corrected chi connectivity index (χ0v) is 5.50. The van der Waals surface area contributed by atoms with E-state index < -0.39 is 10.8 Å². The molecule has 0 unspecified atom stereocenters. The second-order valence-electron chi connectivity index (χ2n) is 1.46. The van der Waals surface area contributed by atoms with Crippen LogP contribution in [-0.4, -0.2) is 4.21 Å². The molecule has 1 aliphatic heterocycles. The lowest BCUT2D eigenvalue weighted by Gasteiger charge is -1.85. The number of allylic oxidation sites excluding steroid dienone is 2. The molecule has 52 valence electrons. The number of nitroso groups, excluding NO2 is 2. The Labute approximate surface area is 58.2 Å². The van der Waals surface area contributed by atoms with Gasteiger partial charge in [-0.3, -0.25) is 0 Å². The van der Waals surface area contributed by atoms with Gasteiger partial charge in [-0.1, -0.05) is 0 Å². The molecule has 1 rings (SSSR count). The van der Waals surface area contributed by atoms with Gasteiger partial charge in [0.2, 0.25) is 0 Å². The number of hydrogen-bond donors (Lipinski definition) is 0. The van der Waals surface area contributed by atoms with E-state index in [4.69, 9.17) is 0 Å². The Hall–Kier alpha value is -1.17. The Kier molecular flexibility index (Phi) is 1.81. The molecule has 6 heteroatoms. The van der Waals surface area contributed by atoms with E-state index >= 15 is 0 Å². The van der Waals surface area contributed by atoms with E-state index in [1.54, 1.807) is 0 Å². The van der Waals surface area contributed by atoms with Gasteiger partial charge < -0.3 is 0 Å². The Morgan fingerprint density at radius 3 is 1.70 bits per heavy atom. The van der Waals surface area contributed by atoms with E-state index in [1.807, 2.05) is 0 Å². The van der Waals surface area contributed by atoms with Crippen molar-refractivity contribution in [2.24, 2.45) is 10.4 Å². The van der Waals surface area contributed by atoms with Gasteiger partial charge in [-0.2, -0.15) is 0 Å². The Balaban J connectivity index is 2.91. The molecule has 0 saturated heterocycles. The molecule has 0 fully saturated rings. The molecule has 5 nitrogen and oxygen atoms in total. The van der Waals surface area contributed by atoms with Crippen LogP contribution in [0.2, 0.25) is 0 Å². The first-order chi connectivity index (χ1) is 4.79. The second-order valence-corrected chi connectivity index (χ2v) is 2.84. The van der Waals surface area contributed by atoms with Gasteiger partial charge in [0.05, 0.1) is 0 Å². The van der Waals surface area contributed by atoms with Gasteiger partial charge in [-0.25, -0.2) is 4.21 Å². The summed E-state index contributed by atoms with van der Waals surface area (Å²) in [4.78, 5) is 19.6. The van der Waals surface area contributed by atoms with E-state index in [2.05, 4.69) is 10.4 Å². The van der Waals surface area contributed by atoms with Crippen molar-refractivity contribution in [3.05, 3.63) is 32.0 Å². The average molecular weight is 158 g/mol. The molecule has 0 N–H and O–H groups in total. The molecule has 0 radical (unpaired) electrons. The van der Waals surface area contributed by atoms with Gasteiger partial charge in [-0.15, -0.1) is 9.81 Å². The van der Waals surface area contributed by atoms with Crippen molar-refractivity contribution in [1.29, 1.82) is 0 Å². The summed E-state index contributed by atoms with van der Waals surface area (Å²) >= 11 is 0. The summed E-state index contributed by atoms with van der Waals surface area (Å²) in [7, 11) is -1.73. The molecular formula is C4H2N2O3S.